The van der Waals surface area contributed by atoms with Gasteiger partial charge in [0.05, 0.1) is 10.7 Å². The van der Waals surface area contributed by atoms with Crippen LogP contribution in [0.4, 0.5) is 0 Å². The van der Waals surface area contributed by atoms with Crippen LogP contribution in [0, 0.1) is 0 Å². The summed E-state index contributed by atoms with van der Waals surface area (Å²) in [6, 6.07) is 8.22. The summed E-state index contributed by atoms with van der Waals surface area (Å²) < 4.78 is 16.1. The molecule has 0 saturated heterocycles. The van der Waals surface area contributed by atoms with Crippen molar-refractivity contribution in [1.82, 2.24) is 4.98 Å². The van der Waals surface area contributed by atoms with Crippen LogP contribution in [-0.2, 0) is 11.3 Å². The number of pyridine rings is 1. The van der Waals surface area contributed by atoms with E-state index in [1.165, 1.54) is 0 Å². The molecule has 5 nitrogen and oxygen atoms in total. The largest absolute Gasteiger partial charge is 0.486 e. The summed E-state index contributed by atoms with van der Waals surface area (Å²) in [7, 11) is 0. The highest BCUT2D eigenvalue weighted by Gasteiger charge is 2.21. The maximum Gasteiger partial charge on any atom is 0.342 e. The molecule has 1 aliphatic heterocycles. The molecule has 114 valence electrons. The van der Waals surface area contributed by atoms with Gasteiger partial charge in [-0.2, -0.15) is 0 Å². The minimum absolute atomic E-state index is 0.0806. The normalized spacial score (nSPS) is 12.8. The third kappa shape index (κ3) is 3.10. The maximum atomic E-state index is 12.2. The number of rotatable bonds is 3. The highest BCUT2D eigenvalue weighted by molar-refractivity contribution is 6.32. The summed E-state index contributed by atoms with van der Waals surface area (Å²) in [5.74, 6) is 0.378. The Kier molecular flexibility index (Phi) is 4.36. The van der Waals surface area contributed by atoms with E-state index < -0.39 is 5.97 Å². The van der Waals surface area contributed by atoms with Gasteiger partial charge >= 0.3 is 5.97 Å². The molecule has 0 amide bonds. The van der Waals surface area contributed by atoms with Gasteiger partial charge in [-0.15, -0.1) is 0 Å². The molecule has 3 rings (SSSR count). The van der Waals surface area contributed by atoms with Crippen LogP contribution in [0.2, 0.25) is 10.2 Å². The Balaban J connectivity index is 1.76. The van der Waals surface area contributed by atoms with Crippen LogP contribution in [0.15, 0.2) is 30.3 Å². The van der Waals surface area contributed by atoms with Crippen LogP contribution < -0.4 is 9.47 Å². The van der Waals surface area contributed by atoms with Crippen LogP contribution in [-0.4, -0.2) is 24.2 Å². The predicted molar refractivity (Wildman–Crippen MR) is 80.8 cm³/mol. The lowest BCUT2D eigenvalue weighted by Crippen LogP contribution is -2.18. The maximum absolute atomic E-state index is 12.2. The van der Waals surface area contributed by atoms with Gasteiger partial charge in [-0.25, -0.2) is 9.78 Å². The Hall–Kier alpha value is -1.98. The van der Waals surface area contributed by atoms with E-state index in [4.69, 9.17) is 37.4 Å². The lowest BCUT2D eigenvalue weighted by Gasteiger charge is -2.20. The van der Waals surface area contributed by atoms with Gasteiger partial charge < -0.3 is 14.2 Å². The van der Waals surface area contributed by atoms with Gasteiger partial charge in [-0.3, -0.25) is 0 Å². The molecule has 2 heterocycles. The SMILES string of the molecule is O=C(OCc1nc(Cl)ccc1Cl)c1cccc2c1OCCO2. The number of nitrogens with zero attached hydrogens (tertiary/aromatic N) is 1. The third-order valence-electron chi connectivity index (χ3n) is 3.01. The van der Waals surface area contributed by atoms with Crippen LogP contribution in [0.25, 0.3) is 0 Å². The third-order valence-corrected chi connectivity index (χ3v) is 3.57. The number of para-hydroxylation sites is 1. The highest BCUT2D eigenvalue weighted by atomic mass is 35.5. The molecule has 0 fully saturated rings. The number of hydrogen-bond donors (Lipinski definition) is 0. The Labute approximate surface area is 136 Å². The van der Waals surface area contributed by atoms with Gasteiger partial charge in [0.2, 0.25) is 0 Å². The molecule has 2 aromatic rings. The summed E-state index contributed by atoms with van der Waals surface area (Å²) in [5, 5.41) is 0.663. The van der Waals surface area contributed by atoms with Crippen molar-refractivity contribution in [1.29, 1.82) is 0 Å². The first-order valence-corrected chi connectivity index (χ1v) is 7.27. The van der Waals surface area contributed by atoms with E-state index >= 15 is 0 Å². The molecule has 0 unspecified atom stereocenters. The average Bonchev–Trinajstić information content (AvgIpc) is 2.55. The minimum atomic E-state index is -0.541. The summed E-state index contributed by atoms with van der Waals surface area (Å²) in [5.41, 5.74) is 0.694. The van der Waals surface area contributed by atoms with Crippen molar-refractivity contribution in [2.75, 3.05) is 13.2 Å². The van der Waals surface area contributed by atoms with E-state index in [0.29, 0.717) is 41.0 Å². The molecule has 22 heavy (non-hydrogen) atoms. The quantitative estimate of drug-likeness (QED) is 0.632. The molecular weight excluding hydrogens is 329 g/mol. The zero-order valence-electron chi connectivity index (χ0n) is 11.3. The molecule has 0 atom stereocenters. The predicted octanol–water partition coefficient (Wildman–Crippen LogP) is 3.52. The fourth-order valence-electron chi connectivity index (χ4n) is 2.01. The van der Waals surface area contributed by atoms with E-state index in [9.17, 15) is 4.79 Å². The van der Waals surface area contributed by atoms with Crippen LogP contribution >= 0.6 is 23.2 Å². The fraction of sp³-hybridized carbons (Fsp3) is 0.200. The number of ether oxygens (including phenoxy) is 3. The topological polar surface area (TPSA) is 57.7 Å². The summed E-state index contributed by atoms with van der Waals surface area (Å²) in [6.07, 6.45) is 0. The van der Waals surface area contributed by atoms with Crippen LogP contribution in [0.5, 0.6) is 11.5 Å². The standard InChI is InChI=1S/C15H11Cl2NO4/c16-10-4-5-13(17)18-11(10)8-22-15(19)9-2-1-3-12-14(9)21-7-6-20-12/h1-5H,6-8H2. The van der Waals surface area contributed by atoms with E-state index in [2.05, 4.69) is 4.98 Å². The molecule has 0 aliphatic carbocycles. The van der Waals surface area contributed by atoms with Gasteiger partial charge in [0, 0.05) is 0 Å². The number of aromatic nitrogens is 1. The zero-order chi connectivity index (χ0) is 15.5. The number of carbonyl (C=O) groups excluding carboxylic acids is 1. The van der Waals surface area contributed by atoms with Gasteiger partial charge in [0.15, 0.2) is 11.5 Å². The first-order valence-electron chi connectivity index (χ1n) is 6.52. The summed E-state index contributed by atoms with van der Waals surface area (Å²) in [6.45, 7) is 0.759. The highest BCUT2D eigenvalue weighted by Crippen LogP contribution is 2.34. The van der Waals surface area contributed by atoms with Crippen molar-refractivity contribution < 1.29 is 19.0 Å². The number of carbonyl (C=O) groups is 1. The Morgan fingerprint density at radius 1 is 1.18 bits per heavy atom. The molecule has 7 heteroatoms. The number of esters is 1. The first-order chi connectivity index (χ1) is 10.6. The molecule has 0 saturated carbocycles. The van der Waals surface area contributed by atoms with Gasteiger partial charge in [0.25, 0.3) is 0 Å². The molecule has 1 aromatic heterocycles. The smallest absolute Gasteiger partial charge is 0.342 e. The van der Waals surface area contributed by atoms with E-state index in [1.807, 2.05) is 0 Å². The summed E-state index contributed by atoms with van der Waals surface area (Å²) >= 11 is 11.8. The van der Waals surface area contributed by atoms with E-state index in [-0.39, 0.29) is 11.8 Å². The van der Waals surface area contributed by atoms with Crippen molar-refractivity contribution in [2.45, 2.75) is 6.61 Å². The van der Waals surface area contributed by atoms with Crippen molar-refractivity contribution >= 4 is 29.2 Å². The second-order valence-corrected chi connectivity index (χ2v) is 5.26. The molecule has 0 spiro atoms. The molecule has 1 aromatic carbocycles. The zero-order valence-corrected chi connectivity index (χ0v) is 12.9. The van der Waals surface area contributed by atoms with Crippen molar-refractivity contribution in [3.05, 3.63) is 51.8 Å². The van der Waals surface area contributed by atoms with Gasteiger partial charge in [0.1, 0.15) is 30.5 Å². The molecule has 1 aliphatic rings. The second-order valence-electron chi connectivity index (χ2n) is 4.47. The van der Waals surface area contributed by atoms with Crippen LogP contribution in [0.3, 0.4) is 0 Å². The van der Waals surface area contributed by atoms with Crippen molar-refractivity contribution in [3.63, 3.8) is 0 Å². The first kappa shape index (κ1) is 14.9. The fourth-order valence-corrected chi connectivity index (χ4v) is 2.33. The number of hydrogen-bond acceptors (Lipinski definition) is 5. The van der Waals surface area contributed by atoms with E-state index in [0.717, 1.165) is 0 Å². The van der Waals surface area contributed by atoms with Gasteiger partial charge in [-0.05, 0) is 24.3 Å². The Morgan fingerprint density at radius 3 is 2.86 bits per heavy atom. The second kappa shape index (κ2) is 6.42. The number of fused-ring (bicyclic) bond motifs is 1. The number of halogens is 2. The average molecular weight is 340 g/mol. The van der Waals surface area contributed by atoms with Crippen molar-refractivity contribution in [3.8, 4) is 11.5 Å². The van der Waals surface area contributed by atoms with Gasteiger partial charge in [-0.1, -0.05) is 29.3 Å². The Morgan fingerprint density at radius 2 is 2.00 bits per heavy atom. The summed E-state index contributed by atoms with van der Waals surface area (Å²) in [4.78, 5) is 16.3. The monoisotopic (exact) mass is 339 g/mol. The molecule has 0 N–H and O–H groups in total. The lowest BCUT2D eigenvalue weighted by molar-refractivity contribution is 0.0458. The number of benzene rings is 1. The lowest BCUT2D eigenvalue weighted by atomic mass is 10.2. The Bertz CT molecular complexity index is 721. The molecular formula is C15H11Cl2NO4. The molecule has 0 radical (unpaired) electrons. The van der Waals surface area contributed by atoms with Crippen LogP contribution in [0.1, 0.15) is 16.1 Å². The minimum Gasteiger partial charge on any atom is -0.486 e. The van der Waals surface area contributed by atoms with E-state index in [1.54, 1.807) is 30.3 Å². The van der Waals surface area contributed by atoms with Crippen molar-refractivity contribution in [2.24, 2.45) is 0 Å². The molecule has 0 bridgehead atoms.